The number of nitrogens with zero attached hydrogens (tertiary/aromatic N) is 1. The van der Waals surface area contributed by atoms with Gasteiger partial charge in [0.05, 0.1) is 6.04 Å². The lowest BCUT2D eigenvalue weighted by Gasteiger charge is -2.21. The van der Waals surface area contributed by atoms with Crippen molar-refractivity contribution in [1.29, 1.82) is 0 Å². The van der Waals surface area contributed by atoms with E-state index < -0.39 is 0 Å². The molecule has 2 amide bonds. The normalized spacial score (nSPS) is 21.9. The average Bonchev–Trinajstić information content (AvgIpc) is 2.46. The van der Waals surface area contributed by atoms with E-state index in [9.17, 15) is 9.59 Å². The molecule has 0 radical (unpaired) electrons. The van der Waals surface area contributed by atoms with Crippen LogP contribution in [0.4, 0.5) is 0 Å². The van der Waals surface area contributed by atoms with Crippen molar-refractivity contribution in [2.75, 3.05) is 6.54 Å². The van der Waals surface area contributed by atoms with Crippen LogP contribution in [0.25, 0.3) is 0 Å². The van der Waals surface area contributed by atoms with Crippen LogP contribution < -0.4 is 5.32 Å². The van der Waals surface area contributed by atoms with Gasteiger partial charge in [0.25, 0.3) is 0 Å². The van der Waals surface area contributed by atoms with Crippen LogP contribution in [0.2, 0.25) is 0 Å². The standard InChI is InChI=1S/C10H18N2O2/c1-4-9(13)11-8-5-10(14)12(6-8)7(2)3/h7-8H,4-6H2,1-3H3,(H,11,13). The molecule has 80 valence electrons. The average molecular weight is 198 g/mol. The number of rotatable bonds is 3. The summed E-state index contributed by atoms with van der Waals surface area (Å²) >= 11 is 0. The summed E-state index contributed by atoms with van der Waals surface area (Å²) in [4.78, 5) is 24.4. The molecule has 0 bridgehead atoms. The molecule has 0 spiro atoms. The number of nitrogens with one attached hydrogen (secondary N) is 1. The molecule has 1 atom stereocenters. The van der Waals surface area contributed by atoms with Gasteiger partial charge in [0.15, 0.2) is 0 Å². The Balaban J connectivity index is 2.46. The van der Waals surface area contributed by atoms with Gasteiger partial charge in [-0.05, 0) is 13.8 Å². The van der Waals surface area contributed by atoms with E-state index >= 15 is 0 Å². The van der Waals surface area contributed by atoms with Crippen LogP contribution in [0.15, 0.2) is 0 Å². The van der Waals surface area contributed by atoms with Gasteiger partial charge < -0.3 is 10.2 Å². The summed E-state index contributed by atoms with van der Waals surface area (Å²) in [6.45, 7) is 6.44. The Hall–Kier alpha value is -1.06. The second kappa shape index (κ2) is 4.44. The predicted octanol–water partition coefficient (Wildman–Crippen LogP) is 0.522. The maximum Gasteiger partial charge on any atom is 0.225 e. The fraction of sp³-hybridized carbons (Fsp3) is 0.800. The van der Waals surface area contributed by atoms with E-state index in [0.717, 1.165) is 0 Å². The third kappa shape index (κ3) is 2.47. The molecule has 4 nitrogen and oxygen atoms in total. The van der Waals surface area contributed by atoms with E-state index in [-0.39, 0.29) is 23.9 Å². The smallest absolute Gasteiger partial charge is 0.225 e. The third-order valence-corrected chi connectivity index (χ3v) is 2.47. The molecule has 0 aromatic heterocycles. The first-order valence-electron chi connectivity index (χ1n) is 5.13. The molecule has 1 fully saturated rings. The van der Waals surface area contributed by atoms with Gasteiger partial charge >= 0.3 is 0 Å². The highest BCUT2D eigenvalue weighted by atomic mass is 16.2. The monoisotopic (exact) mass is 198 g/mol. The van der Waals surface area contributed by atoms with Gasteiger partial charge in [-0.2, -0.15) is 0 Å². The molecule has 1 saturated heterocycles. The molecule has 0 aliphatic carbocycles. The molecule has 1 unspecified atom stereocenters. The van der Waals surface area contributed by atoms with Gasteiger partial charge in [-0.1, -0.05) is 6.92 Å². The Kier molecular flexibility index (Phi) is 3.49. The van der Waals surface area contributed by atoms with Crippen LogP contribution in [-0.4, -0.2) is 35.3 Å². The second-order valence-electron chi connectivity index (χ2n) is 3.96. The molecule has 0 aromatic rings. The van der Waals surface area contributed by atoms with Crippen molar-refractivity contribution in [1.82, 2.24) is 10.2 Å². The molecule has 1 N–H and O–H groups in total. The SMILES string of the molecule is CCC(=O)NC1CC(=O)N(C(C)C)C1. The zero-order valence-electron chi connectivity index (χ0n) is 9.04. The van der Waals surface area contributed by atoms with E-state index in [1.807, 2.05) is 20.8 Å². The van der Waals surface area contributed by atoms with Crippen molar-refractivity contribution in [3.05, 3.63) is 0 Å². The van der Waals surface area contributed by atoms with E-state index in [4.69, 9.17) is 0 Å². The lowest BCUT2D eigenvalue weighted by molar-refractivity contribution is -0.129. The molecule has 4 heteroatoms. The molecule has 14 heavy (non-hydrogen) atoms. The highest BCUT2D eigenvalue weighted by Crippen LogP contribution is 2.14. The number of carbonyl (C=O) groups is 2. The van der Waals surface area contributed by atoms with Crippen LogP contribution >= 0.6 is 0 Å². The molecule has 0 aromatic carbocycles. The largest absolute Gasteiger partial charge is 0.351 e. The highest BCUT2D eigenvalue weighted by molar-refractivity contribution is 5.82. The Bertz CT molecular complexity index is 238. The summed E-state index contributed by atoms with van der Waals surface area (Å²) in [5.74, 6) is 0.162. The minimum Gasteiger partial charge on any atom is -0.351 e. The Morgan fingerprint density at radius 3 is 2.71 bits per heavy atom. The van der Waals surface area contributed by atoms with Gasteiger partial charge in [0.2, 0.25) is 11.8 Å². The minimum atomic E-state index is 0.0114. The molecular formula is C10H18N2O2. The number of likely N-dealkylation sites (tertiary alicyclic amines) is 1. The second-order valence-corrected chi connectivity index (χ2v) is 3.96. The lowest BCUT2D eigenvalue weighted by Crippen LogP contribution is -2.38. The fourth-order valence-corrected chi connectivity index (χ4v) is 1.66. The summed E-state index contributed by atoms with van der Waals surface area (Å²) in [6, 6.07) is 0.239. The first-order valence-corrected chi connectivity index (χ1v) is 5.13. The number of hydrogen-bond acceptors (Lipinski definition) is 2. The summed E-state index contributed by atoms with van der Waals surface area (Å²) in [5.41, 5.74) is 0. The van der Waals surface area contributed by atoms with Gasteiger partial charge in [-0.25, -0.2) is 0 Å². The summed E-state index contributed by atoms with van der Waals surface area (Å²) < 4.78 is 0. The Labute approximate surface area is 84.7 Å². The van der Waals surface area contributed by atoms with Gasteiger partial charge in [-0.3, -0.25) is 9.59 Å². The molecule has 0 saturated carbocycles. The Morgan fingerprint density at radius 2 is 2.29 bits per heavy atom. The number of carbonyl (C=O) groups excluding carboxylic acids is 2. The van der Waals surface area contributed by atoms with Crippen LogP contribution in [0.5, 0.6) is 0 Å². The summed E-state index contributed by atoms with van der Waals surface area (Å²) in [6.07, 6.45) is 0.927. The number of hydrogen-bond donors (Lipinski definition) is 1. The van der Waals surface area contributed by atoms with Crippen molar-refractivity contribution in [2.45, 2.75) is 45.7 Å². The molecule has 1 rings (SSSR count). The fourth-order valence-electron chi connectivity index (χ4n) is 1.66. The van der Waals surface area contributed by atoms with Crippen molar-refractivity contribution in [3.63, 3.8) is 0 Å². The first-order chi connectivity index (χ1) is 6.54. The van der Waals surface area contributed by atoms with Gasteiger partial charge in [-0.15, -0.1) is 0 Å². The summed E-state index contributed by atoms with van der Waals surface area (Å²) in [5, 5.41) is 2.84. The van der Waals surface area contributed by atoms with E-state index in [2.05, 4.69) is 5.32 Å². The summed E-state index contributed by atoms with van der Waals surface area (Å²) in [7, 11) is 0. The molecule has 1 aliphatic rings. The zero-order valence-corrected chi connectivity index (χ0v) is 9.04. The van der Waals surface area contributed by atoms with E-state index in [1.54, 1.807) is 4.90 Å². The molecule has 1 heterocycles. The third-order valence-electron chi connectivity index (χ3n) is 2.47. The predicted molar refractivity (Wildman–Crippen MR) is 53.7 cm³/mol. The van der Waals surface area contributed by atoms with Crippen LogP contribution in [0, 0.1) is 0 Å². The van der Waals surface area contributed by atoms with Crippen molar-refractivity contribution in [2.24, 2.45) is 0 Å². The van der Waals surface area contributed by atoms with E-state index in [1.165, 1.54) is 0 Å². The topological polar surface area (TPSA) is 49.4 Å². The van der Waals surface area contributed by atoms with Gasteiger partial charge in [0, 0.05) is 25.4 Å². The van der Waals surface area contributed by atoms with E-state index in [0.29, 0.717) is 19.4 Å². The van der Waals surface area contributed by atoms with Crippen LogP contribution in [-0.2, 0) is 9.59 Å². The Morgan fingerprint density at radius 1 is 1.64 bits per heavy atom. The van der Waals surface area contributed by atoms with Crippen molar-refractivity contribution >= 4 is 11.8 Å². The number of amides is 2. The zero-order chi connectivity index (χ0) is 10.7. The quantitative estimate of drug-likeness (QED) is 0.718. The lowest BCUT2D eigenvalue weighted by atomic mass is 10.2. The van der Waals surface area contributed by atoms with Crippen molar-refractivity contribution in [3.8, 4) is 0 Å². The maximum atomic E-state index is 11.5. The van der Waals surface area contributed by atoms with Crippen molar-refractivity contribution < 1.29 is 9.59 Å². The highest BCUT2D eigenvalue weighted by Gasteiger charge is 2.31. The van der Waals surface area contributed by atoms with Crippen LogP contribution in [0.3, 0.4) is 0 Å². The molecular weight excluding hydrogens is 180 g/mol. The minimum absolute atomic E-state index is 0.0114. The maximum absolute atomic E-state index is 11.5. The molecule has 1 aliphatic heterocycles. The van der Waals surface area contributed by atoms with Gasteiger partial charge in [0.1, 0.15) is 0 Å². The van der Waals surface area contributed by atoms with Crippen LogP contribution in [0.1, 0.15) is 33.6 Å². The first kappa shape index (κ1) is 11.0.